The zero-order valence-electron chi connectivity index (χ0n) is 38.7. The van der Waals surface area contributed by atoms with Crippen LogP contribution in [0.15, 0.2) is 176 Å². The number of hydrogen-bond donors (Lipinski definition) is 1. The van der Waals surface area contributed by atoms with Gasteiger partial charge in [0.25, 0.3) is 0 Å². The Labute approximate surface area is 402 Å². The van der Waals surface area contributed by atoms with E-state index in [1.807, 2.05) is 47.5 Å². The third kappa shape index (κ3) is 8.53. The fourth-order valence-corrected chi connectivity index (χ4v) is 10.5. The Balaban J connectivity index is 0.877. The van der Waals surface area contributed by atoms with Crippen LogP contribution in [0.2, 0.25) is 0 Å². The van der Waals surface area contributed by atoms with E-state index in [4.69, 9.17) is 14.8 Å². The van der Waals surface area contributed by atoms with Gasteiger partial charge in [-0.05, 0) is 89.9 Å². The lowest BCUT2D eigenvalue weighted by atomic mass is 9.77. The van der Waals surface area contributed by atoms with E-state index in [-0.39, 0.29) is 31.5 Å². The molecule has 69 heavy (non-hydrogen) atoms. The summed E-state index contributed by atoms with van der Waals surface area (Å²) in [6.07, 6.45) is 11.2. The van der Waals surface area contributed by atoms with E-state index in [1.54, 1.807) is 19.5 Å². The number of aromatic nitrogens is 5. The van der Waals surface area contributed by atoms with E-state index in [9.17, 15) is 9.59 Å². The highest BCUT2D eigenvalue weighted by atomic mass is 16.5. The Hall–Kier alpha value is -7.60. The quantitative estimate of drug-likeness (QED) is 0.107. The zero-order chi connectivity index (χ0) is 46.8. The highest BCUT2D eigenvalue weighted by Gasteiger charge is 2.47. The number of carbonyl (C=O) groups excluding carboxylic acids is 2. The molecular formula is C58H54N8O3. The van der Waals surface area contributed by atoms with E-state index in [0.717, 1.165) is 75.9 Å². The predicted octanol–water partition coefficient (Wildman–Crippen LogP) is 9.87. The number of nitrogens with one attached hydrogen (secondary N) is 1. The van der Waals surface area contributed by atoms with Gasteiger partial charge in [-0.15, -0.1) is 0 Å². The fourth-order valence-electron chi connectivity index (χ4n) is 10.5. The summed E-state index contributed by atoms with van der Waals surface area (Å²) in [5, 5.41) is 9.84. The molecule has 1 saturated heterocycles. The molecule has 0 bridgehead atoms. The van der Waals surface area contributed by atoms with Crippen molar-refractivity contribution in [1.82, 2.24) is 34.5 Å². The van der Waals surface area contributed by atoms with Gasteiger partial charge in [0, 0.05) is 85.7 Å². The van der Waals surface area contributed by atoms with Crippen molar-refractivity contribution in [2.24, 2.45) is 5.41 Å². The molecule has 2 aliphatic heterocycles. The normalized spacial score (nSPS) is 17.5. The maximum Gasteiger partial charge on any atom is 0.236 e. The number of pyridine rings is 1. The number of carbonyl (C=O) groups is 2. The molecule has 1 saturated carbocycles. The second-order valence-corrected chi connectivity index (χ2v) is 18.6. The van der Waals surface area contributed by atoms with Crippen LogP contribution in [0.5, 0.6) is 0 Å². The molecule has 5 heterocycles. The van der Waals surface area contributed by atoms with Crippen LogP contribution in [0.4, 0.5) is 5.69 Å². The lowest BCUT2D eigenvalue weighted by Crippen LogP contribution is -2.45. The lowest BCUT2D eigenvalue weighted by Gasteiger charge is -2.37. The molecule has 0 radical (unpaired) electrons. The van der Waals surface area contributed by atoms with Crippen LogP contribution in [0.1, 0.15) is 59.5 Å². The Morgan fingerprint density at radius 1 is 0.725 bits per heavy atom. The molecule has 11 heteroatoms. The van der Waals surface area contributed by atoms with Crippen molar-refractivity contribution < 1.29 is 14.3 Å². The summed E-state index contributed by atoms with van der Waals surface area (Å²) in [6, 6.07) is 52.2. The molecule has 11 rings (SSSR count). The number of amides is 2. The minimum Gasteiger partial charge on any atom is -0.383 e. The van der Waals surface area contributed by atoms with Gasteiger partial charge in [-0.3, -0.25) is 19.5 Å². The van der Waals surface area contributed by atoms with E-state index in [2.05, 4.69) is 146 Å². The van der Waals surface area contributed by atoms with Crippen LogP contribution in [0.3, 0.4) is 0 Å². The van der Waals surface area contributed by atoms with Gasteiger partial charge in [0.1, 0.15) is 11.2 Å². The molecule has 8 aromatic rings. The molecule has 1 N–H and O–H groups in total. The molecule has 2 amide bonds. The van der Waals surface area contributed by atoms with E-state index in [0.29, 0.717) is 36.9 Å². The molecule has 1 atom stereocenters. The standard InChI is InChI=1S/C58H54N8O3/c1-69-40-57(29-35-65(39-57)53(67)38-64-33-27-42(28-34-64)41-18-22-44(23-19-41)55-60-30-11-31-61-55)56(68)62-49-24-25-52-50(37-49)54(45-26-32-59-51(36-45)43-20-21-43)63-66(52)58(46-12-5-2-6-13-46,47-14-7-3-8-15-47)48-16-9-4-10-17-48/h2-19,22-27,30-32,36-37,43H,20-21,28-29,33-35,38-40H2,1H3,(H,62,68). The van der Waals surface area contributed by atoms with Gasteiger partial charge in [0.05, 0.1) is 24.1 Å². The first-order valence-electron chi connectivity index (χ1n) is 24.0. The summed E-state index contributed by atoms with van der Waals surface area (Å²) in [5.74, 6) is 1.01. The van der Waals surface area contributed by atoms with Crippen molar-refractivity contribution >= 4 is 34.0 Å². The van der Waals surface area contributed by atoms with Gasteiger partial charge >= 0.3 is 0 Å². The van der Waals surface area contributed by atoms with Crippen LogP contribution >= 0.6 is 0 Å². The van der Waals surface area contributed by atoms with Crippen LogP contribution < -0.4 is 5.32 Å². The third-order valence-corrected chi connectivity index (χ3v) is 14.2. The van der Waals surface area contributed by atoms with Gasteiger partial charge in [-0.2, -0.15) is 5.10 Å². The summed E-state index contributed by atoms with van der Waals surface area (Å²) in [6.45, 7) is 2.67. The topological polar surface area (TPSA) is 118 Å². The maximum atomic E-state index is 14.7. The highest BCUT2D eigenvalue weighted by molar-refractivity contribution is 6.01. The Kier molecular flexibility index (Phi) is 12.0. The molecule has 11 nitrogen and oxygen atoms in total. The lowest BCUT2D eigenvalue weighted by molar-refractivity contribution is -0.133. The molecule has 0 spiro atoms. The van der Waals surface area contributed by atoms with E-state index >= 15 is 0 Å². The minimum atomic E-state index is -0.925. The monoisotopic (exact) mass is 910 g/mol. The predicted molar refractivity (Wildman–Crippen MR) is 270 cm³/mol. The van der Waals surface area contributed by atoms with Crippen molar-refractivity contribution in [3.8, 4) is 22.6 Å². The van der Waals surface area contributed by atoms with Crippen LogP contribution in [0.25, 0.3) is 39.1 Å². The number of rotatable bonds is 14. The zero-order valence-corrected chi connectivity index (χ0v) is 38.7. The number of anilines is 1. The number of ether oxygens (including phenoxy) is 1. The van der Waals surface area contributed by atoms with Crippen molar-refractivity contribution in [1.29, 1.82) is 0 Å². The average Bonchev–Trinajstić information content (AvgIpc) is 4.07. The van der Waals surface area contributed by atoms with E-state index in [1.165, 1.54) is 11.1 Å². The van der Waals surface area contributed by atoms with E-state index < -0.39 is 11.0 Å². The van der Waals surface area contributed by atoms with Crippen LogP contribution in [-0.2, 0) is 19.9 Å². The number of nitrogens with zero attached hydrogens (tertiary/aromatic N) is 7. The number of benzene rings is 5. The van der Waals surface area contributed by atoms with Gasteiger partial charge < -0.3 is 15.0 Å². The summed E-state index contributed by atoms with van der Waals surface area (Å²) in [5.41, 5.74) is 9.21. The van der Waals surface area contributed by atoms with Crippen LogP contribution in [-0.4, -0.2) is 92.8 Å². The summed E-state index contributed by atoms with van der Waals surface area (Å²) >= 11 is 0. The molecule has 344 valence electrons. The molecule has 3 aromatic heterocycles. The second kappa shape index (κ2) is 18.8. The Morgan fingerprint density at radius 3 is 2.01 bits per heavy atom. The molecular weight excluding hydrogens is 857 g/mol. The number of fused-ring (bicyclic) bond motifs is 1. The van der Waals surface area contributed by atoms with Gasteiger partial charge in [0.2, 0.25) is 11.8 Å². The number of hydrogen-bond acceptors (Lipinski definition) is 8. The van der Waals surface area contributed by atoms with Crippen molar-refractivity contribution in [3.63, 3.8) is 0 Å². The summed E-state index contributed by atoms with van der Waals surface area (Å²) in [4.78, 5) is 46.2. The molecule has 2 fully saturated rings. The Morgan fingerprint density at radius 2 is 1.39 bits per heavy atom. The highest BCUT2D eigenvalue weighted by Crippen LogP contribution is 2.46. The van der Waals surface area contributed by atoms with Crippen molar-refractivity contribution in [2.75, 3.05) is 51.8 Å². The smallest absolute Gasteiger partial charge is 0.236 e. The van der Waals surface area contributed by atoms with Crippen LogP contribution in [0, 0.1) is 5.41 Å². The van der Waals surface area contributed by atoms with Gasteiger partial charge in [-0.1, -0.05) is 121 Å². The van der Waals surface area contributed by atoms with Crippen molar-refractivity contribution in [3.05, 3.63) is 204 Å². The number of methoxy groups -OCH3 is 1. The first kappa shape index (κ1) is 43.9. The first-order valence-corrected chi connectivity index (χ1v) is 24.0. The fraction of sp³-hybridized carbons (Fsp3) is 0.241. The van der Waals surface area contributed by atoms with Gasteiger partial charge in [0.15, 0.2) is 5.82 Å². The third-order valence-electron chi connectivity index (χ3n) is 14.2. The maximum absolute atomic E-state index is 14.7. The van der Waals surface area contributed by atoms with Crippen molar-refractivity contribution in [2.45, 2.75) is 37.1 Å². The SMILES string of the molecule is COCC1(C(=O)Nc2ccc3c(c2)c(-c2ccnc(C4CC4)c2)nn3C(c2ccccc2)(c2ccccc2)c2ccccc2)CCN(C(=O)CN2CC=C(c3ccc(-c4ncccn4)cc3)CC2)C1. The largest absolute Gasteiger partial charge is 0.383 e. The molecule has 1 unspecified atom stereocenters. The summed E-state index contributed by atoms with van der Waals surface area (Å²) in [7, 11) is 1.62. The number of likely N-dealkylation sites (tertiary alicyclic amines) is 1. The molecule has 5 aromatic carbocycles. The Bertz CT molecular complexity index is 3040. The first-order chi connectivity index (χ1) is 33.9. The summed E-state index contributed by atoms with van der Waals surface area (Å²) < 4.78 is 7.93. The minimum absolute atomic E-state index is 0.0185. The van der Waals surface area contributed by atoms with Gasteiger partial charge in [-0.25, -0.2) is 14.6 Å². The molecule has 3 aliphatic rings. The average molecular weight is 911 g/mol. The molecule has 1 aliphatic carbocycles. The second-order valence-electron chi connectivity index (χ2n) is 18.6.